The highest BCUT2D eigenvalue weighted by atomic mass is 35.5. The summed E-state index contributed by atoms with van der Waals surface area (Å²) in [5.41, 5.74) is 5.77. The zero-order valence-electron chi connectivity index (χ0n) is 18.8. The predicted molar refractivity (Wildman–Crippen MR) is 119 cm³/mol. The van der Waals surface area contributed by atoms with Crippen LogP contribution in [0.4, 0.5) is 0 Å². The van der Waals surface area contributed by atoms with E-state index < -0.39 is 0 Å². The maximum absolute atomic E-state index is 11.3. The Hall–Kier alpha value is -1.34. The normalized spacial score (nSPS) is 25.6. The largest absolute Gasteiger partial charge is 0.466 e. The van der Waals surface area contributed by atoms with Gasteiger partial charge in [0.15, 0.2) is 0 Å². The number of nitrogens with two attached hydrogens (primary N) is 1. The standard InChI is InChI=1S/C12H21NO3.C10H19NO2.ClH/c1-3-16-12(15)8-10-4-6-11(7-5-10)13-9(2)14;1-2-13-10(12)7-8-3-5-9(11)6-4-8;/h10-11H,3-8H2,1-2H3,(H,13,14);8-9H,2-7,11H2,1H3;1H. The van der Waals surface area contributed by atoms with Gasteiger partial charge in [0.25, 0.3) is 0 Å². The van der Waals surface area contributed by atoms with Crippen molar-refractivity contribution in [3.05, 3.63) is 0 Å². The van der Waals surface area contributed by atoms with Crippen LogP contribution in [0.2, 0.25) is 0 Å². The molecule has 0 bridgehead atoms. The van der Waals surface area contributed by atoms with Gasteiger partial charge in [-0.3, -0.25) is 14.4 Å². The molecule has 0 aromatic rings. The Kier molecular flexibility index (Phi) is 15.6. The molecular weight excluding hydrogens is 408 g/mol. The minimum absolute atomic E-state index is 0. The van der Waals surface area contributed by atoms with Gasteiger partial charge in [-0.05, 0) is 77.0 Å². The summed E-state index contributed by atoms with van der Waals surface area (Å²) >= 11 is 0. The number of amides is 1. The molecule has 176 valence electrons. The van der Waals surface area contributed by atoms with E-state index in [0.29, 0.717) is 50.0 Å². The first-order chi connectivity index (χ1) is 13.8. The molecule has 8 heteroatoms. The van der Waals surface area contributed by atoms with Gasteiger partial charge in [0.1, 0.15) is 0 Å². The van der Waals surface area contributed by atoms with Crippen molar-refractivity contribution in [3.63, 3.8) is 0 Å². The number of ether oxygens (including phenoxy) is 2. The van der Waals surface area contributed by atoms with Crippen LogP contribution in [-0.4, -0.2) is 43.1 Å². The Balaban J connectivity index is 0.000000553. The molecule has 30 heavy (non-hydrogen) atoms. The molecule has 0 aliphatic heterocycles. The van der Waals surface area contributed by atoms with E-state index in [1.165, 1.54) is 0 Å². The fraction of sp³-hybridized carbons (Fsp3) is 0.864. The molecule has 1 amide bonds. The van der Waals surface area contributed by atoms with Crippen LogP contribution in [0.15, 0.2) is 0 Å². The van der Waals surface area contributed by atoms with Crippen molar-refractivity contribution in [2.45, 2.75) is 97.1 Å². The molecular formula is C22H41ClN2O5. The van der Waals surface area contributed by atoms with E-state index >= 15 is 0 Å². The lowest BCUT2D eigenvalue weighted by atomic mass is 9.84. The smallest absolute Gasteiger partial charge is 0.306 e. The summed E-state index contributed by atoms with van der Waals surface area (Å²) < 4.78 is 9.83. The van der Waals surface area contributed by atoms with Crippen LogP contribution in [-0.2, 0) is 23.9 Å². The summed E-state index contributed by atoms with van der Waals surface area (Å²) in [6.07, 6.45) is 9.36. The molecule has 2 aliphatic rings. The van der Waals surface area contributed by atoms with E-state index in [-0.39, 0.29) is 30.3 Å². The minimum atomic E-state index is -0.0922. The topological polar surface area (TPSA) is 108 Å². The number of hydrogen-bond acceptors (Lipinski definition) is 6. The van der Waals surface area contributed by atoms with Gasteiger partial charge in [0.05, 0.1) is 13.2 Å². The van der Waals surface area contributed by atoms with Crippen molar-refractivity contribution in [2.24, 2.45) is 17.6 Å². The Bertz CT molecular complexity index is 502. The van der Waals surface area contributed by atoms with Gasteiger partial charge in [0, 0.05) is 31.8 Å². The van der Waals surface area contributed by atoms with E-state index in [1.54, 1.807) is 6.92 Å². The van der Waals surface area contributed by atoms with Crippen LogP contribution in [0.1, 0.15) is 85.0 Å². The second-order valence-corrected chi connectivity index (χ2v) is 8.22. The van der Waals surface area contributed by atoms with Crippen LogP contribution in [0.3, 0.4) is 0 Å². The molecule has 0 radical (unpaired) electrons. The molecule has 0 unspecified atom stereocenters. The van der Waals surface area contributed by atoms with Crippen molar-refractivity contribution in [2.75, 3.05) is 13.2 Å². The number of halogens is 1. The highest BCUT2D eigenvalue weighted by Gasteiger charge is 2.24. The van der Waals surface area contributed by atoms with Crippen molar-refractivity contribution < 1.29 is 23.9 Å². The van der Waals surface area contributed by atoms with Gasteiger partial charge in [-0.15, -0.1) is 12.4 Å². The minimum Gasteiger partial charge on any atom is -0.466 e. The van der Waals surface area contributed by atoms with Crippen LogP contribution >= 0.6 is 12.4 Å². The first-order valence-electron chi connectivity index (χ1n) is 11.2. The van der Waals surface area contributed by atoms with Gasteiger partial charge in [-0.1, -0.05) is 0 Å². The van der Waals surface area contributed by atoms with Gasteiger partial charge in [0.2, 0.25) is 5.91 Å². The van der Waals surface area contributed by atoms with E-state index in [2.05, 4.69) is 5.32 Å². The van der Waals surface area contributed by atoms with Crippen LogP contribution in [0, 0.1) is 11.8 Å². The monoisotopic (exact) mass is 448 g/mol. The SMILES string of the molecule is CCOC(=O)CC1CCC(N)CC1.CCOC(=O)CC1CCC(NC(C)=O)CC1.Cl. The van der Waals surface area contributed by atoms with E-state index in [9.17, 15) is 14.4 Å². The van der Waals surface area contributed by atoms with Gasteiger partial charge >= 0.3 is 11.9 Å². The zero-order valence-corrected chi connectivity index (χ0v) is 19.6. The van der Waals surface area contributed by atoms with E-state index in [4.69, 9.17) is 15.2 Å². The lowest BCUT2D eigenvalue weighted by Gasteiger charge is -2.28. The molecule has 0 heterocycles. The number of rotatable bonds is 7. The van der Waals surface area contributed by atoms with Crippen molar-refractivity contribution in [1.29, 1.82) is 0 Å². The zero-order chi connectivity index (χ0) is 21.6. The van der Waals surface area contributed by atoms with Crippen molar-refractivity contribution in [1.82, 2.24) is 5.32 Å². The third kappa shape index (κ3) is 13.1. The highest BCUT2D eigenvalue weighted by molar-refractivity contribution is 5.85. The molecule has 7 nitrogen and oxygen atoms in total. The number of carbonyl (C=O) groups is 3. The van der Waals surface area contributed by atoms with Crippen LogP contribution in [0.5, 0.6) is 0 Å². The summed E-state index contributed by atoms with van der Waals surface area (Å²) in [5.74, 6) is 0.838. The molecule has 0 aromatic heterocycles. The molecule has 3 N–H and O–H groups in total. The highest BCUT2D eigenvalue weighted by Crippen LogP contribution is 2.27. The molecule has 0 aromatic carbocycles. The Labute approximate surface area is 187 Å². The number of hydrogen-bond donors (Lipinski definition) is 2. The Morgan fingerprint density at radius 2 is 1.20 bits per heavy atom. The maximum Gasteiger partial charge on any atom is 0.306 e. The van der Waals surface area contributed by atoms with E-state index in [0.717, 1.165) is 51.4 Å². The number of nitrogens with one attached hydrogen (secondary N) is 1. The Morgan fingerprint density at radius 1 is 0.800 bits per heavy atom. The third-order valence-corrected chi connectivity index (χ3v) is 5.67. The molecule has 2 rings (SSSR count). The van der Waals surface area contributed by atoms with Crippen molar-refractivity contribution in [3.8, 4) is 0 Å². The Morgan fingerprint density at radius 3 is 1.57 bits per heavy atom. The summed E-state index contributed by atoms with van der Waals surface area (Å²) in [6, 6.07) is 0.661. The van der Waals surface area contributed by atoms with Crippen LogP contribution < -0.4 is 11.1 Å². The van der Waals surface area contributed by atoms with Gasteiger partial charge in [-0.2, -0.15) is 0 Å². The summed E-state index contributed by atoms with van der Waals surface area (Å²) in [7, 11) is 0. The first-order valence-corrected chi connectivity index (χ1v) is 11.2. The number of carbonyl (C=O) groups excluding carboxylic acids is 3. The van der Waals surface area contributed by atoms with Crippen LogP contribution in [0.25, 0.3) is 0 Å². The second-order valence-electron chi connectivity index (χ2n) is 8.22. The summed E-state index contributed by atoms with van der Waals surface area (Å²) in [6.45, 7) is 6.16. The lowest BCUT2D eigenvalue weighted by Crippen LogP contribution is -2.36. The first kappa shape index (κ1) is 28.7. The maximum atomic E-state index is 11.3. The predicted octanol–water partition coefficient (Wildman–Crippen LogP) is 3.51. The van der Waals surface area contributed by atoms with Gasteiger partial charge in [-0.25, -0.2) is 0 Å². The fourth-order valence-electron chi connectivity index (χ4n) is 4.10. The molecule has 0 saturated heterocycles. The molecule has 2 saturated carbocycles. The van der Waals surface area contributed by atoms with Gasteiger partial charge < -0.3 is 20.5 Å². The third-order valence-electron chi connectivity index (χ3n) is 5.67. The molecule has 2 aliphatic carbocycles. The average Bonchev–Trinajstić information content (AvgIpc) is 2.66. The fourth-order valence-corrected chi connectivity index (χ4v) is 4.10. The molecule has 2 fully saturated rings. The van der Waals surface area contributed by atoms with E-state index in [1.807, 2.05) is 13.8 Å². The molecule has 0 spiro atoms. The van der Waals surface area contributed by atoms with Crippen molar-refractivity contribution >= 4 is 30.3 Å². The summed E-state index contributed by atoms with van der Waals surface area (Å²) in [5, 5.41) is 2.93. The molecule has 0 atom stereocenters. The second kappa shape index (κ2) is 16.4. The lowest BCUT2D eigenvalue weighted by molar-refractivity contribution is -0.145. The average molecular weight is 449 g/mol. The quantitative estimate of drug-likeness (QED) is 0.577. The number of esters is 2. The summed E-state index contributed by atoms with van der Waals surface area (Å²) in [4.78, 5) is 33.3.